The highest BCUT2D eigenvalue weighted by molar-refractivity contribution is 6.30. The fraction of sp³-hybridized carbons (Fsp3) is 0.333. The maximum Gasteiger partial charge on any atom is 0.0406 e. The molecule has 0 aliphatic carbocycles. The Balaban J connectivity index is 2.44. The first-order chi connectivity index (χ1) is 6.72. The lowest BCUT2D eigenvalue weighted by Gasteiger charge is -2.14. The van der Waals surface area contributed by atoms with Crippen LogP contribution >= 0.6 is 11.6 Å². The first kappa shape index (κ1) is 11.1. The van der Waals surface area contributed by atoms with E-state index in [9.17, 15) is 0 Å². The van der Waals surface area contributed by atoms with E-state index in [1.165, 1.54) is 5.56 Å². The standard InChI is InChI=1S/C12H14ClN/c1-3-4-9-14(2)10-11-5-7-12(13)8-6-11/h1,5-8H,4,9-10H2,2H3. The lowest BCUT2D eigenvalue weighted by molar-refractivity contribution is 0.335. The van der Waals surface area contributed by atoms with E-state index < -0.39 is 0 Å². The molecule has 0 bridgehead atoms. The molecular formula is C12H14ClN. The minimum atomic E-state index is 0.778. The quantitative estimate of drug-likeness (QED) is 0.687. The van der Waals surface area contributed by atoms with Crippen molar-refractivity contribution in [1.82, 2.24) is 4.90 Å². The molecule has 74 valence electrons. The molecule has 1 nitrogen and oxygen atoms in total. The van der Waals surface area contributed by atoms with Crippen LogP contribution < -0.4 is 0 Å². The Morgan fingerprint density at radius 3 is 2.57 bits per heavy atom. The molecule has 1 aromatic rings. The second kappa shape index (κ2) is 5.70. The highest BCUT2D eigenvalue weighted by Gasteiger charge is 1.98. The number of hydrogen-bond acceptors (Lipinski definition) is 1. The highest BCUT2D eigenvalue weighted by Crippen LogP contribution is 2.10. The van der Waals surface area contributed by atoms with E-state index in [0.717, 1.165) is 24.5 Å². The third kappa shape index (κ3) is 3.83. The van der Waals surface area contributed by atoms with Crippen LogP contribution in [0.15, 0.2) is 24.3 Å². The molecule has 0 radical (unpaired) electrons. The fourth-order valence-corrected chi connectivity index (χ4v) is 1.36. The minimum absolute atomic E-state index is 0.778. The van der Waals surface area contributed by atoms with Crippen LogP contribution in [0.4, 0.5) is 0 Å². The number of rotatable bonds is 4. The van der Waals surface area contributed by atoms with Gasteiger partial charge in [0.1, 0.15) is 0 Å². The zero-order valence-electron chi connectivity index (χ0n) is 8.33. The van der Waals surface area contributed by atoms with Gasteiger partial charge >= 0.3 is 0 Å². The average Bonchev–Trinajstić information content (AvgIpc) is 2.18. The number of terminal acetylenes is 1. The Hall–Kier alpha value is -0.970. The molecule has 0 amide bonds. The first-order valence-electron chi connectivity index (χ1n) is 4.59. The third-order valence-electron chi connectivity index (χ3n) is 2.00. The van der Waals surface area contributed by atoms with Gasteiger partial charge < -0.3 is 4.90 Å². The molecule has 0 aliphatic rings. The Labute approximate surface area is 90.7 Å². The number of nitrogens with zero attached hydrogens (tertiary/aromatic N) is 1. The summed E-state index contributed by atoms with van der Waals surface area (Å²) >= 11 is 5.79. The van der Waals surface area contributed by atoms with Gasteiger partial charge in [-0.2, -0.15) is 0 Å². The van der Waals surface area contributed by atoms with Crippen LogP contribution in [0, 0.1) is 12.3 Å². The summed E-state index contributed by atoms with van der Waals surface area (Å²) in [5, 5.41) is 0.778. The van der Waals surface area contributed by atoms with Crippen LogP contribution in [0.1, 0.15) is 12.0 Å². The topological polar surface area (TPSA) is 3.24 Å². The van der Waals surface area contributed by atoms with Crippen LogP contribution in [0.25, 0.3) is 0 Å². The van der Waals surface area contributed by atoms with Crippen molar-refractivity contribution in [3.8, 4) is 12.3 Å². The maximum absolute atomic E-state index is 5.79. The summed E-state index contributed by atoms with van der Waals surface area (Å²) < 4.78 is 0. The summed E-state index contributed by atoms with van der Waals surface area (Å²) in [5.41, 5.74) is 1.26. The molecule has 0 saturated carbocycles. The van der Waals surface area contributed by atoms with Gasteiger partial charge in [0.15, 0.2) is 0 Å². The van der Waals surface area contributed by atoms with Crippen LogP contribution in [0.2, 0.25) is 5.02 Å². The van der Waals surface area contributed by atoms with Crippen LogP contribution in [0.3, 0.4) is 0 Å². The monoisotopic (exact) mass is 207 g/mol. The Morgan fingerprint density at radius 1 is 1.36 bits per heavy atom. The summed E-state index contributed by atoms with van der Waals surface area (Å²) in [6.45, 7) is 1.85. The molecule has 0 spiro atoms. The summed E-state index contributed by atoms with van der Waals surface area (Å²) in [6.07, 6.45) is 5.99. The molecule has 0 fully saturated rings. The Morgan fingerprint density at radius 2 is 2.00 bits per heavy atom. The van der Waals surface area contributed by atoms with Gasteiger partial charge in [0.25, 0.3) is 0 Å². The molecule has 14 heavy (non-hydrogen) atoms. The van der Waals surface area contributed by atoms with Gasteiger partial charge in [-0.05, 0) is 24.7 Å². The van der Waals surface area contributed by atoms with E-state index >= 15 is 0 Å². The van der Waals surface area contributed by atoms with Crippen molar-refractivity contribution in [1.29, 1.82) is 0 Å². The van der Waals surface area contributed by atoms with Crippen LogP contribution in [-0.2, 0) is 6.54 Å². The zero-order valence-corrected chi connectivity index (χ0v) is 9.09. The Bertz CT molecular complexity index is 310. The SMILES string of the molecule is C#CCCN(C)Cc1ccc(Cl)cc1. The van der Waals surface area contributed by atoms with E-state index in [0.29, 0.717) is 0 Å². The lowest BCUT2D eigenvalue weighted by Crippen LogP contribution is -2.18. The summed E-state index contributed by atoms with van der Waals surface area (Å²) in [4.78, 5) is 2.20. The van der Waals surface area contributed by atoms with E-state index in [2.05, 4.69) is 17.9 Å². The molecule has 1 rings (SSSR count). The van der Waals surface area contributed by atoms with Crippen LogP contribution in [0.5, 0.6) is 0 Å². The molecule has 1 aromatic carbocycles. The molecular weight excluding hydrogens is 194 g/mol. The van der Waals surface area contributed by atoms with Crippen molar-refractivity contribution in [2.24, 2.45) is 0 Å². The summed E-state index contributed by atoms with van der Waals surface area (Å²) in [6, 6.07) is 7.89. The van der Waals surface area contributed by atoms with Crippen LogP contribution in [-0.4, -0.2) is 18.5 Å². The van der Waals surface area contributed by atoms with Gasteiger partial charge in [0.05, 0.1) is 0 Å². The molecule has 0 heterocycles. The average molecular weight is 208 g/mol. The van der Waals surface area contributed by atoms with E-state index in [1.54, 1.807) is 0 Å². The fourth-order valence-electron chi connectivity index (χ4n) is 1.24. The van der Waals surface area contributed by atoms with E-state index in [1.807, 2.05) is 24.3 Å². The van der Waals surface area contributed by atoms with Crippen molar-refractivity contribution in [2.45, 2.75) is 13.0 Å². The number of halogens is 1. The molecule has 2 heteroatoms. The molecule has 0 aromatic heterocycles. The van der Waals surface area contributed by atoms with Crippen molar-refractivity contribution < 1.29 is 0 Å². The largest absolute Gasteiger partial charge is 0.301 e. The van der Waals surface area contributed by atoms with Gasteiger partial charge in [0, 0.05) is 24.5 Å². The number of hydrogen-bond donors (Lipinski definition) is 0. The van der Waals surface area contributed by atoms with Gasteiger partial charge in [-0.25, -0.2) is 0 Å². The summed E-state index contributed by atoms with van der Waals surface area (Å²) in [5.74, 6) is 2.63. The van der Waals surface area contributed by atoms with Gasteiger partial charge in [-0.1, -0.05) is 23.7 Å². The highest BCUT2D eigenvalue weighted by atomic mass is 35.5. The summed E-state index contributed by atoms with van der Waals surface area (Å²) in [7, 11) is 2.06. The number of benzene rings is 1. The molecule has 0 saturated heterocycles. The van der Waals surface area contributed by atoms with E-state index in [4.69, 9.17) is 18.0 Å². The molecule has 0 N–H and O–H groups in total. The smallest absolute Gasteiger partial charge is 0.0406 e. The predicted molar refractivity (Wildman–Crippen MR) is 61.2 cm³/mol. The first-order valence-corrected chi connectivity index (χ1v) is 4.96. The normalized spacial score (nSPS) is 10.1. The molecule has 0 atom stereocenters. The lowest BCUT2D eigenvalue weighted by atomic mass is 10.2. The second-order valence-electron chi connectivity index (χ2n) is 3.32. The van der Waals surface area contributed by atoms with Gasteiger partial charge in [0.2, 0.25) is 0 Å². The van der Waals surface area contributed by atoms with Crippen molar-refractivity contribution in [3.05, 3.63) is 34.9 Å². The predicted octanol–water partition coefficient (Wildman–Crippen LogP) is 2.80. The second-order valence-corrected chi connectivity index (χ2v) is 3.75. The molecule has 0 aliphatic heterocycles. The van der Waals surface area contributed by atoms with Crippen molar-refractivity contribution >= 4 is 11.6 Å². The van der Waals surface area contributed by atoms with Crippen molar-refractivity contribution in [3.63, 3.8) is 0 Å². The third-order valence-corrected chi connectivity index (χ3v) is 2.26. The zero-order chi connectivity index (χ0) is 10.4. The van der Waals surface area contributed by atoms with Crippen molar-refractivity contribution in [2.75, 3.05) is 13.6 Å². The Kier molecular flexibility index (Phi) is 4.52. The minimum Gasteiger partial charge on any atom is -0.301 e. The van der Waals surface area contributed by atoms with E-state index in [-0.39, 0.29) is 0 Å². The maximum atomic E-state index is 5.79. The van der Waals surface area contributed by atoms with Gasteiger partial charge in [-0.15, -0.1) is 12.3 Å². The van der Waals surface area contributed by atoms with Gasteiger partial charge in [-0.3, -0.25) is 0 Å². The molecule has 0 unspecified atom stereocenters.